The smallest absolute Gasteiger partial charge is 0.159 e. The number of amidine groups is 1. The predicted molar refractivity (Wildman–Crippen MR) is 92.0 cm³/mol. The first-order valence-corrected chi connectivity index (χ1v) is 7.87. The first-order chi connectivity index (χ1) is 10.1. The van der Waals surface area contributed by atoms with Crippen LogP contribution in [0.4, 0.5) is 5.69 Å². The van der Waals surface area contributed by atoms with Gasteiger partial charge in [0.05, 0.1) is 22.8 Å². The zero-order chi connectivity index (χ0) is 15.2. The highest BCUT2D eigenvalue weighted by Gasteiger charge is 2.02. The number of nitrogens with two attached hydrogens (primary N) is 1. The van der Waals surface area contributed by atoms with Crippen molar-refractivity contribution in [2.45, 2.75) is 5.75 Å². The minimum absolute atomic E-state index is 0.481. The number of methoxy groups -OCH3 is 1. The van der Waals surface area contributed by atoms with Crippen molar-refractivity contribution < 1.29 is 4.74 Å². The molecule has 110 valence electrons. The number of rotatable bonds is 4. The molecule has 0 radical (unpaired) electrons. The third-order valence-electron chi connectivity index (χ3n) is 2.66. The van der Waals surface area contributed by atoms with Gasteiger partial charge in [-0.25, -0.2) is 4.99 Å². The van der Waals surface area contributed by atoms with Crippen LogP contribution in [0.1, 0.15) is 5.56 Å². The van der Waals surface area contributed by atoms with Gasteiger partial charge in [0.2, 0.25) is 0 Å². The molecule has 0 atom stereocenters. The minimum Gasteiger partial charge on any atom is -0.497 e. The lowest BCUT2D eigenvalue weighted by Gasteiger charge is -2.04. The number of ether oxygens (including phenoxy) is 1. The zero-order valence-electron chi connectivity index (χ0n) is 11.3. The van der Waals surface area contributed by atoms with E-state index < -0.39 is 0 Å². The summed E-state index contributed by atoms with van der Waals surface area (Å²) < 4.78 is 5.15. The van der Waals surface area contributed by atoms with E-state index in [9.17, 15) is 0 Å². The minimum atomic E-state index is 0.481. The second-order valence-electron chi connectivity index (χ2n) is 4.19. The van der Waals surface area contributed by atoms with E-state index in [0.717, 1.165) is 17.0 Å². The third kappa shape index (κ3) is 4.84. The quantitative estimate of drug-likeness (QED) is 0.637. The van der Waals surface area contributed by atoms with Crippen molar-refractivity contribution in [3.05, 3.63) is 58.1 Å². The predicted octanol–water partition coefficient (Wildman–Crippen LogP) is 4.88. The second kappa shape index (κ2) is 7.59. The maximum absolute atomic E-state index is 5.98. The van der Waals surface area contributed by atoms with Crippen molar-refractivity contribution in [2.75, 3.05) is 7.11 Å². The highest BCUT2D eigenvalue weighted by molar-refractivity contribution is 8.13. The summed E-state index contributed by atoms with van der Waals surface area (Å²) in [4.78, 5) is 4.34. The molecule has 2 aromatic rings. The first kappa shape index (κ1) is 16.0. The Morgan fingerprint density at radius 1 is 1.19 bits per heavy atom. The molecule has 0 saturated carbocycles. The molecule has 3 nitrogen and oxygen atoms in total. The Morgan fingerprint density at radius 3 is 2.71 bits per heavy atom. The Balaban J connectivity index is 2.01. The van der Waals surface area contributed by atoms with Crippen LogP contribution in [0.3, 0.4) is 0 Å². The van der Waals surface area contributed by atoms with Gasteiger partial charge in [-0.15, -0.1) is 0 Å². The molecular formula is C15H14Cl2N2OS. The highest BCUT2D eigenvalue weighted by Crippen LogP contribution is 2.25. The normalized spacial score (nSPS) is 11.5. The van der Waals surface area contributed by atoms with Gasteiger partial charge < -0.3 is 10.5 Å². The van der Waals surface area contributed by atoms with Crippen LogP contribution in [0.5, 0.6) is 5.75 Å². The van der Waals surface area contributed by atoms with Crippen molar-refractivity contribution >= 4 is 45.8 Å². The Labute approximate surface area is 138 Å². The fraction of sp³-hybridized carbons (Fsp3) is 0.133. The molecule has 6 heteroatoms. The van der Waals surface area contributed by atoms with Gasteiger partial charge in [-0.2, -0.15) is 0 Å². The number of benzene rings is 2. The van der Waals surface area contributed by atoms with E-state index in [4.69, 9.17) is 33.7 Å². The lowest BCUT2D eigenvalue weighted by Crippen LogP contribution is -2.06. The van der Waals surface area contributed by atoms with Gasteiger partial charge in [-0.05, 0) is 29.8 Å². The summed E-state index contributed by atoms with van der Waals surface area (Å²) >= 11 is 13.3. The van der Waals surface area contributed by atoms with E-state index in [1.807, 2.05) is 36.4 Å². The molecule has 0 aromatic heterocycles. The monoisotopic (exact) mass is 340 g/mol. The van der Waals surface area contributed by atoms with Crippen LogP contribution >= 0.6 is 35.0 Å². The van der Waals surface area contributed by atoms with E-state index in [-0.39, 0.29) is 0 Å². The molecule has 0 aliphatic carbocycles. The summed E-state index contributed by atoms with van der Waals surface area (Å²) in [6.45, 7) is 0. The highest BCUT2D eigenvalue weighted by atomic mass is 35.5. The fourth-order valence-electron chi connectivity index (χ4n) is 1.63. The first-order valence-electron chi connectivity index (χ1n) is 6.13. The number of hydrogen-bond acceptors (Lipinski definition) is 3. The van der Waals surface area contributed by atoms with Crippen LogP contribution in [0.25, 0.3) is 0 Å². The molecular weight excluding hydrogens is 327 g/mol. The van der Waals surface area contributed by atoms with Crippen LogP contribution in [0.15, 0.2) is 47.5 Å². The Morgan fingerprint density at radius 2 is 2.00 bits per heavy atom. The van der Waals surface area contributed by atoms with Crippen LogP contribution in [-0.2, 0) is 5.75 Å². The molecule has 0 aliphatic rings. The average Bonchev–Trinajstić information content (AvgIpc) is 2.48. The van der Waals surface area contributed by atoms with Gasteiger partial charge in [0, 0.05) is 11.8 Å². The Kier molecular flexibility index (Phi) is 5.79. The van der Waals surface area contributed by atoms with E-state index >= 15 is 0 Å². The van der Waals surface area contributed by atoms with Crippen molar-refractivity contribution in [3.8, 4) is 5.75 Å². The molecule has 0 fully saturated rings. The van der Waals surface area contributed by atoms with Gasteiger partial charge in [0.25, 0.3) is 0 Å². The fourth-order valence-corrected chi connectivity index (χ4v) is 2.61. The largest absolute Gasteiger partial charge is 0.497 e. The van der Waals surface area contributed by atoms with Gasteiger partial charge in [-0.3, -0.25) is 0 Å². The van der Waals surface area contributed by atoms with Crippen LogP contribution in [-0.4, -0.2) is 12.3 Å². The van der Waals surface area contributed by atoms with E-state index in [1.165, 1.54) is 11.8 Å². The SMILES string of the molecule is COc1cccc(N=C(N)SCc2ccc(Cl)c(Cl)c2)c1. The van der Waals surface area contributed by atoms with Gasteiger partial charge in [0.1, 0.15) is 5.75 Å². The van der Waals surface area contributed by atoms with Crippen LogP contribution in [0, 0.1) is 0 Å². The summed E-state index contributed by atoms with van der Waals surface area (Å²) in [5.41, 5.74) is 7.72. The van der Waals surface area contributed by atoms with E-state index in [1.54, 1.807) is 13.2 Å². The van der Waals surface area contributed by atoms with Crippen LogP contribution in [0.2, 0.25) is 10.0 Å². The number of nitrogens with zero attached hydrogens (tertiary/aromatic N) is 1. The van der Waals surface area contributed by atoms with Crippen molar-refractivity contribution in [1.82, 2.24) is 0 Å². The molecule has 0 unspecified atom stereocenters. The maximum Gasteiger partial charge on any atom is 0.159 e. The van der Waals surface area contributed by atoms with Gasteiger partial charge >= 0.3 is 0 Å². The molecule has 0 bridgehead atoms. The van der Waals surface area contributed by atoms with E-state index in [2.05, 4.69) is 4.99 Å². The molecule has 21 heavy (non-hydrogen) atoms. The molecule has 0 aliphatic heterocycles. The summed E-state index contributed by atoms with van der Waals surface area (Å²) in [6.07, 6.45) is 0. The average molecular weight is 341 g/mol. The van der Waals surface area contributed by atoms with E-state index in [0.29, 0.717) is 21.0 Å². The molecule has 0 heterocycles. The molecule has 0 spiro atoms. The molecule has 2 rings (SSSR count). The molecule has 0 saturated heterocycles. The zero-order valence-corrected chi connectivity index (χ0v) is 13.7. The molecule has 2 N–H and O–H groups in total. The lowest BCUT2D eigenvalue weighted by atomic mass is 10.2. The lowest BCUT2D eigenvalue weighted by molar-refractivity contribution is 0.415. The Hall–Kier alpha value is -1.36. The number of thioether (sulfide) groups is 1. The van der Waals surface area contributed by atoms with Crippen molar-refractivity contribution in [1.29, 1.82) is 0 Å². The second-order valence-corrected chi connectivity index (χ2v) is 6.00. The number of aliphatic imine (C=N–C) groups is 1. The molecule has 0 amide bonds. The van der Waals surface area contributed by atoms with Crippen molar-refractivity contribution in [3.63, 3.8) is 0 Å². The summed E-state index contributed by atoms with van der Waals surface area (Å²) in [6, 6.07) is 12.9. The molecule has 2 aromatic carbocycles. The number of hydrogen-bond donors (Lipinski definition) is 1. The van der Waals surface area contributed by atoms with Crippen LogP contribution < -0.4 is 10.5 Å². The number of halogens is 2. The van der Waals surface area contributed by atoms with Gasteiger partial charge in [0.15, 0.2) is 5.17 Å². The Bertz CT molecular complexity index is 662. The van der Waals surface area contributed by atoms with Crippen molar-refractivity contribution in [2.24, 2.45) is 10.7 Å². The standard InChI is InChI=1S/C15H14Cl2N2OS/c1-20-12-4-2-3-11(8-12)19-15(18)21-9-10-5-6-13(16)14(17)7-10/h2-8H,9H2,1H3,(H2,18,19). The topological polar surface area (TPSA) is 47.6 Å². The van der Waals surface area contributed by atoms with Gasteiger partial charge in [-0.1, -0.05) is 47.1 Å². The summed E-state index contributed by atoms with van der Waals surface area (Å²) in [5.74, 6) is 1.43. The third-order valence-corrected chi connectivity index (χ3v) is 4.27. The summed E-state index contributed by atoms with van der Waals surface area (Å²) in [7, 11) is 1.62. The summed E-state index contributed by atoms with van der Waals surface area (Å²) in [5, 5.41) is 1.57. The maximum atomic E-state index is 5.98.